The maximum absolute atomic E-state index is 12.6. The lowest BCUT2D eigenvalue weighted by Gasteiger charge is -2.39. The quantitative estimate of drug-likeness (QED) is 0.108. The molecule has 2 aromatic carbocycles. The Morgan fingerprint density at radius 3 is 2.03 bits per heavy atom. The van der Waals surface area contributed by atoms with Crippen LogP contribution in [0.2, 0.25) is 0 Å². The van der Waals surface area contributed by atoms with Crippen LogP contribution in [-0.2, 0) is 4.74 Å². The summed E-state index contributed by atoms with van der Waals surface area (Å²) < 4.78 is 21.0. The van der Waals surface area contributed by atoms with Gasteiger partial charge in [-0.05, 0) is 12.1 Å². The van der Waals surface area contributed by atoms with Gasteiger partial charge in [0.25, 0.3) is 0 Å². The maximum atomic E-state index is 12.6. The summed E-state index contributed by atoms with van der Waals surface area (Å²) in [6, 6.07) is 1.84. The van der Waals surface area contributed by atoms with E-state index < -0.39 is 82.7 Å². The van der Waals surface area contributed by atoms with Gasteiger partial charge in [-0.3, -0.25) is 0 Å². The van der Waals surface area contributed by atoms with Crippen LogP contribution in [-0.4, -0.2) is 73.1 Å². The Morgan fingerprint density at radius 2 is 1.39 bits per heavy atom. The standard InChI is InChI=1S/C20H16O13/c21-3-8-12(25)13(26)14(27)20(30-8)33-15-7(23)2-5-10-9-4(19(29)32-17(10)15)1-6(22)11(24)16(9)31-18(5)28/h1-2,8,12-14,20-27H,3H2/t8-,12-,13+,14+,20?/m1/s1. The SMILES string of the molecule is O=c1oc2c(OC3O[C@H](CO)[C@@H](O)[C@H](O)[C@@H]3O)c(O)cc3c(=O)oc4c(O)c(O)cc1c4c23. The number of aliphatic hydroxyl groups excluding tert-OH is 4. The van der Waals surface area contributed by atoms with E-state index in [1.807, 2.05) is 0 Å². The van der Waals surface area contributed by atoms with Crippen LogP contribution in [0.4, 0.5) is 0 Å². The molecule has 0 amide bonds. The molecule has 1 saturated heterocycles. The van der Waals surface area contributed by atoms with E-state index in [1.165, 1.54) is 0 Å². The van der Waals surface area contributed by atoms with Crippen LogP contribution in [0.15, 0.2) is 30.6 Å². The zero-order chi connectivity index (χ0) is 23.8. The first-order chi connectivity index (χ1) is 15.6. The Morgan fingerprint density at radius 1 is 0.818 bits per heavy atom. The van der Waals surface area contributed by atoms with Gasteiger partial charge in [-0.25, -0.2) is 9.59 Å². The maximum Gasteiger partial charge on any atom is 0.344 e. The highest BCUT2D eigenvalue weighted by Crippen LogP contribution is 2.45. The van der Waals surface area contributed by atoms with Crippen molar-refractivity contribution >= 4 is 32.7 Å². The van der Waals surface area contributed by atoms with Crippen molar-refractivity contribution in [2.45, 2.75) is 30.7 Å². The molecule has 5 rings (SSSR count). The average Bonchev–Trinajstić information content (AvgIpc) is 2.78. The third-order valence-electron chi connectivity index (χ3n) is 5.61. The largest absolute Gasteiger partial charge is 0.504 e. The number of hydrogen-bond donors (Lipinski definition) is 7. The van der Waals surface area contributed by atoms with E-state index in [2.05, 4.69) is 0 Å². The lowest BCUT2D eigenvalue weighted by Crippen LogP contribution is -2.60. The van der Waals surface area contributed by atoms with Gasteiger partial charge in [-0.15, -0.1) is 0 Å². The topological polar surface area (TPSA) is 220 Å². The van der Waals surface area contributed by atoms with Crippen LogP contribution in [0, 0.1) is 0 Å². The highest BCUT2D eigenvalue weighted by atomic mass is 16.7. The normalized spacial score (nSPS) is 25.9. The van der Waals surface area contributed by atoms with E-state index in [4.69, 9.17) is 18.3 Å². The van der Waals surface area contributed by atoms with Gasteiger partial charge >= 0.3 is 11.3 Å². The summed E-state index contributed by atoms with van der Waals surface area (Å²) in [5, 5.41) is 69.3. The number of ether oxygens (including phenoxy) is 2. The predicted molar refractivity (Wildman–Crippen MR) is 107 cm³/mol. The van der Waals surface area contributed by atoms with E-state index in [0.29, 0.717) is 0 Å². The first-order valence-corrected chi connectivity index (χ1v) is 9.54. The molecule has 1 unspecified atom stereocenters. The lowest BCUT2D eigenvalue weighted by atomic mass is 9.99. The molecule has 1 aliphatic rings. The summed E-state index contributed by atoms with van der Waals surface area (Å²) >= 11 is 0. The molecule has 0 aliphatic carbocycles. The Bertz CT molecular complexity index is 1500. The van der Waals surface area contributed by atoms with Gasteiger partial charge in [0.05, 0.1) is 17.4 Å². The summed E-state index contributed by atoms with van der Waals surface area (Å²) in [5.41, 5.74) is -3.09. The number of phenolic OH excluding ortho intramolecular Hbond substituents is 3. The average molecular weight is 464 g/mol. The lowest BCUT2D eigenvalue weighted by molar-refractivity contribution is -0.277. The van der Waals surface area contributed by atoms with Crippen molar-refractivity contribution in [2.24, 2.45) is 0 Å². The molecule has 174 valence electrons. The van der Waals surface area contributed by atoms with Crippen molar-refractivity contribution in [3.63, 3.8) is 0 Å². The third kappa shape index (κ3) is 2.91. The molecule has 2 aromatic heterocycles. The molecule has 0 bridgehead atoms. The highest BCUT2D eigenvalue weighted by Gasteiger charge is 2.45. The van der Waals surface area contributed by atoms with Gasteiger partial charge in [-0.2, -0.15) is 0 Å². The van der Waals surface area contributed by atoms with Gasteiger partial charge in [-0.1, -0.05) is 0 Å². The smallest absolute Gasteiger partial charge is 0.344 e. The van der Waals surface area contributed by atoms with Crippen LogP contribution < -0.4 is 16.0 Å². The van der Waals surface area contributed by atoms with Crippen molar-refractivity contribution in [1.29, 1.82) is 0 Å². The number of hydrogen-bond acceptors (Lipinski definition) is 13. The van der Waals surface area contributed by atoms with Gasteiger partial charge in [0, 0.05) is 10.8 Å². The van der Waals surface area contributed by atoms with Crippen molar-refractivity contribution in [3.8, 4) is 23.0 Å². The molecule has 13 nitrogen and oxygen atoms in total. The molecule has 5 atom stereocenters. The van der Waals surface area contributed by atoms with E-state index in [-0.39, 0.29) is 21.5 Å². The number of rotatable bonds is 3. The number of phenols is 3. The molecule has 4 aromatic rings. The van der Waals surface area contributed by atoms with E-state index in [0.717, 1.165) is 12.1 Å². The fourth-order valence-corrected chi connectivity index (χ4v) is 3.97. The number of aromatic hydroxyl groups is 3. The van der Waals surface area contributed by atoms with E-state index >= 15 is 0 Å². The van der Waals surface area contributed by atoms with Gasteiger partial charge in [0.2, 0.25) is 17.8 Å². The second-order valence-corrected chi connectivity index (χ2v) is 7.57. The van der Waals surface area contributed by atoms with Crippen molar-refractivity contribution in [1.82, 2.24) is 0 Å². The number of aliphatic hydroxyl groups is 4. The molecule has 1 fully saturated rings. The van der Waals surface area contributed by atoms with E-state index in [9.17, 15) is 45.3 Å². The van der Waals surface area contributed by atoms with Crippen molar-refractivity contribution in [2.75, 3.05) is 6.61 Å². The summed E-state index contributed by atoms with van der Waals surface area (Å²) in [4.78, 5) is 25.1. The fourth-order valence-electron chi connectivity index (χ4n) is 3.97. The van der Waals surface area contributed by atoms with Crippen LogP contribution in [0.3, 0.4) is 0 Å². The molecular weight excluding hydrogens is 448 g/mol. The second kappa shape index (κ2) is 7.19. The monoisotopic (exact) mass is 464 g/mol. The summed E-state index contributed by atoms with van der Waals surface area (Å²) in [6.07, 6.45) is -8.38. The Labute approximate surface area is 180 Å². The van der Waals surface area contributed by atoms with Crippen LogP contribution in [0.1, 0.15) is 0 Å². The first kappa shape index (κ1) is 21.2. The molecule has 13 heteroatoms. The van der Waals surface area contributed by atoms with Crippen LogP contribution in [0.25, 0.3) is 32.7 Å². The molecule has 0 radical (unpaired) electrons. The van der Waals surface area contributed by atoms with Crippen LogP contribution >= 0.6 is 0 Å². The van der Waals surface area contributed by atoms with E-state index in [1.54, 1.807) is 0 Å². The van der Waals surface area contributed by atoms with Crippen molar-refractivity contribution < 1.29 is 54.1 Å². The minimum Gasteiger partial charge on any atom is -0.504 e. The molecule has 0 saturated carbocycles. The summed E-state index contributed by atoms with van der Waals surface area (Å²) in [7, 11) is 0. The van der Waals surface area contributed by atoms with Crippen LogP contribution in [0.5, 0.6) is 23.0 Å². The highest BCUT2D eigenvalue weighted by molar-refractivity contribution is 6.22. The molecule has 0 spiro atoms. The minimum absolute atomic E-state index is 0.107. The zero-order valence-corrected chi connectivity index (χ0v) is 16.3. The third-order valence-corrected chi connectivity index (χ3v) is 5.61. The first-order valence-electron chi connectivity index (χ1n) is 9.54. The summed E-state index contributed by atoms with van der Waals surface area (Å²) in [5.74, 6) is -2.86. The summed E-state index contributed by atoms with van der Waals surface area (Å²) in [6.45, 7) is -0.742. The molecular formula is C20H16O13. The Balaban J connectivity index is 1.78. The second-order valence-electron chi connectivity index (χ2n) is 7.57. The Kier molecular flexibility index (Phi) is 4.63. The van der Waals surface area contributed by atoms with Gasteiger partial charge in [0.1, 0.15) is 24.4 Å². The number of benzene rings is 2. The van der Waals surface area contributed by atoms with Crippen molar-refractivity contribution in [3.05, 3.63) is 33.0 Å². The fraction of sp³-hybridized carbons (Fsp3) is 0.300. The zero-order valence-electron chi connectivity index (χ0n) is 16.3. The molecule has 1 aliphatic heterocycles. The predicted octanol–water partition coefficient (Wildman–Crippen LogP) is -1.21. The Hall–Kier alpha value is -3.62. The molecule has 3 heterocycles. The van der Waals surface area contributed by atoms with Gasteiger partial charge in [0.15, 0.2) is 22.7 Å². The van der Waals surface area contributed by atoms with Gasteiger partial charge < -0.3 is 54.1 Å². The minimum atomic E-state index is -1.85. The molecule has 7 N–H and O–H groups in total. The molecule has 33 heavy (non-hydrogen) atoms.